The van der Waals surface area contributed by atoms with E-state index in [1.165, 1.54) is 5.56 Å². The van der Waals surface area contributed by atoms with Gasteiger partial charge < -0.3 is 9.64 Å². The zero-order valence-electron chi connectivity index (χ0n) is 8.34. The third kappa shape index (κ3) is 1.43. The Morgan fingerprint density at radius 1 is 1.47 bits per heavy atom. The number of thiocarbonyl (C=S) groups is 1. The monoisotopic (exact) mass is 237 g/mol. The van der Waals surface area contributed by atoms with Crippen LogP contribution in [0.1, 0.15) is 5.56 Å². The Bertz CT molecular complexity index is 421. The molecule has 2 aliphatic heterocycles. The minimum atomic E-state index is 0.123. The van der Waals surface area contributed by atoms with E-state index in [2.05, 4.69) is 17.0 Å². The van der Waals surface area contributed by atoms with E-state index in [1.807, 2.05) is 19.2 Å². The summed E-state index contributed by atoms with van der Waals surface area (Å²) in [5.41, 5.74) is 1.30. The molecular formula is C11H11NOS2. The van der Waals surface area contributed by atoms with Crippen LogP contribution >= 0.6 is 24.0 Å². The highest BCUT2D eigenvalue weighted by atomic mass is 32.2. The van der Waals surface area contributed by atoms with Gasteiger partial charge in [-0.3, -0.25) is 0 Å². The van der Waals surface area contributed by atoms with Gasteiger partial charge in [-0.15, -0.1) is 0 Å². The fraction of sp³-hybridized carbons (Fsp3) is 0.364. The van der Waals surface area contributed by atoms with Crippen LogP contribution in [0.3, 0.4) is 0 Å². The highest BCUT2D eigenvalue weighted by Gasteiger charge is 2.41. The molecule has 15 heavy (non-hydrogen) atoms. The molecular weight excluding hydrogens is 226 g/mol. The Hall–Kier alpha value is -0.740. The van der Waals surface area contributed by atoms with Crippen LogP contribution in [0, 0.1) is 0 Å². The van der Waals surface area contributed by atoms with Crippen LogP contribution in [-0.2, 0) is 6.42 Å². The third-order valence-corrected chi connectivity index (χ3v) is 4.65. The smallest absolute Gasteiger partial charge is 0.185 e. The molecule has 0 aliphatic carbocycles. The Morgan fingerprint density at radius 2 is 2.27 bits per heavy atom. The second-order valence-corrected chi connectivity index (χ2v) is 5.73. The minimum Gasteiger partial charge on any atom is -0.469 e. The fourth-order valence-electron chi connectivity index (χ4n) is 2.06. The molecule has 2 unspecified atom stereocenters. The lowest BCUT2D eigenvalue weighted by Crippen LogP contribution is -2.41. The summed E-state index contributed by atoms with van der Waals surface area (Å²) < 4.78 is 6.90. The summed E-state index contributed by atoms with van der Waals surface area (Å²) in [5.74, 6) is 1.01. The van der Waals surface area contributed by atoms with Crippen LogP contribution in [0.4, 0.5) is 0 Å². The number of hydrogen-bond acceptors (Lipinski definition) is 3. The van der Waals surface area contributed by atoms with Gasteiger partial charge >= 0.3 is 0 Å². The van der Waals surface area contributed by atoms with Crippen molar-refractivity contribution in [1.82, 2.24) is 4.90 Å². The van der Waals surface area contributed by atoms with Crippen LogP contribution in [0.2, 0.25) is 0 Å². The van der Waals surface area contributed by atoms with Crippen molar-refractivity contribution in [2.45, 2.75) is 17.9 Å². The molecule has 1 fully saturated rings. The number of fused-ring (bicyclic) bond motifs is 2. The molecule has 2 atom stereocenters. The molecule has 2 aliphatic rings. The van der Waals surface area contributed by atoms with Crippen LogP contribution in [0.5, 0.6) is 5.75 Å². The number of nitrogens with zero attached hydrogens (tertiary/aromatic N) is 1. The molecule has 3 rings (SSSR count). The zero-order valence-corrected chi connectivity index (χ0v) is 9.98. The van der Waals surface area contributed by atoms with Crippen molar-refractivity contribution >= 4 is 28.3 Å². The second-order valence-electron chi connectivity index (χ2n) is 3.85. The summed E-state index contributed by atoms with van der Waals surface area (Å²) in [7, 11) is 2.01. The molecule has 1 saturated heterocycles. The van der Waals surface area contributed by atoms with E-state index in [4.69, 9.17) is 17.0 Å². The van der Waals surface area contributed by atoms with Gasteiger partial charge in [0.25, 0.3) is 0 Å². The second kappa shape index (κ2) is 3.39. The van der Waals surface area contributed by atoms with Gasteiger partial charge in [0, 0.05) is 7.05 Å². The van der Waals surface area contributed by atoms with Gasteiger partial charge in [-0.25, -0.2) is 0 Å². The van der Waals surface area contributed by atoms with E-state index in [0.29, 0.717) is 5.25 Å². The molecule has 0 amide bonds. The van der Waals surface area contributed by atoms with Gasteiger partial charge in [0.15, 0.2) is 6.23 Å². The molecule has 0 bridgehead atoms. The van der Waals surface area contributed by atoms with Crippen molar-refractivity contribution in [3.05, 3.63) is 29.8 Å². The zero-order chi connectivity index (χ0) is 10.4. The Morgan fingerprint density at radius 3 is 3.13 bits per heavy atom. The van der Waals surface area contributed by atoms with Crippen LogP contribution in [-0.4, -0.2) is 27.7 Å². The number of benzene rings is 1. The molecule has 1 aromatic carbocycles. The Labute approximate surface area is 98.6 Å². The van der Waals surface area contributed by atoms with E-state index >= 15 is 0 Å². The molecule has 78 valence electrons. The molecule has 4 heteroatoms. The van der Waals surface area contributed by atoms with Gasteiger partial charge in [0.05, 0.1) is 5.25 Å². The van der Waals surface area contributed by atoms with Crippen LogP contribution < -0.4 is 4.74 Å². The highest BCUT2D eigenvalue weighted by Crippen LogP contribution is 2.39. The molecule has 1 aromatic rings. The van der Waals surface area contributed by atoms with Crippen molar-refractivity contribution in [3.8, 4) is 5.75 Å². The summed E-state index contributed by atoms with van der Waals surface area (Å²) in [5, 5.41) is 0.456. The average Bonchev–Trinajstić information content (AvgIpc) is 2.52. The first-order valence-corrected chi connectivity index (χ1v) is 6.22. The Kier molecular flexibility index (Phi) is 2.14. The molecule has 0 aromatic heterocycles. The number of rotatable bonds is 0. The first-order valence-electron chi connectivity index (χ1n) is 4.94. The molecule has 2 nitrogen and oxygen atoms in total. The summed E-state index contributed by atoms with van der Waals surface area (Å²) in [6.07, 6.45) is 1.17. The van der Waals surface area contributed by atoms with Gasteiger partial charge in [-0.2, -0.15) is 0 Å². The molecule has 0 N–H and O–H groups in total. The van der Waals surface area contributed by atoms with Crippen LogP contribution in [0.25, 0.3) is 0 Å². The number of hydrogen-bond donors (Lipinski definition) is 0. The normalized spacial score (nSPS) is 28.3. The largest absolute Gasteiger partial charge is 0.469 e. The molecule has 2 heterocycles. The molecule has 0 saturated carbocycles. The van der Waals surface area contributed by atoms with Gasteiger partial charge in [-0.1, -0.05) is 42.2 Å². The van der Waals surface area contributed by atoms with Crippen molar-refractivity contribution in [3.63, 3.8) is 0 Å². The van der Waals surface area contributed by atoms with Gasteiger partial charge in [0.1, 0.15) is 10.1 Å². The quantitative estimate of drug-likeness (QED) is 0.641. The Balaban J connectivity index is 1.96. The van der Waals surface area contributed by atoms with Crippen molar-refractivity contribution in [2.24, 2.45) is 0 Å². The van der Waals surface area contributed by atoms with Gasteiger partial charge in [0.2, 0.25) is 0 Å². The van der Waals surface area contributed by atoms with E-state index in [-0.39, 0.29) is 6.23 Å². The summed E-state index contributed by atoms with van der Waals surface area (Å²) in [6.45, 7) is 0. The summed E-state index contributed by atoms with van der Waals surface area (Å²) >= 11 is 7.03. The number of para-hydroxylation sites is 1. The van der Waals surface area contributed by atoms with Crippen LogP contribution in [0.15, 0.2) is 24.3 Å². The maximum atomic E-state index is 5.96. The molecule has 0 radical (unpaired) electrons. The summed E-state index contributed by atoms with van der Waals surface area (Å²) in [4.78, 5) is 2.06. The van der Waals surface area contributed by atoms with Crippen molar-refractivity contribution in [2.75, 3.05) is 7.05 Å². The standard InChI is InChI=1S/C11H11NOS2/c1-12-10-9(15-11(12)14)6-7-4-2-3-5-8(7)13-10/h2-5,9-10H,6H2,1H3. The topological polar surface area (TPSA) is 12.5 Å². The number of ether oxygens (including phenoxy) is 1. The third-order valence-electron chi connectivity index (χ3n) is 2.88. The van der Waals surface area contributed by atoms with E-state index < -0.39 is 0 Å². The average molecular weight is 237 g/mol. The first-order chi connectivity index (χ1) is 7.25. The lowest BCUT2D eigenvalue weighted by atomic mass is 10.0. The first kappa shape index (κ1) is 9.48. The maximum absolute atomic E-state index is 5.96. The SMILES string of the molecule is CN1C(=S)SC2Cc3ccccc3OC21. The lowest BCUT2D eigenvalue weighted by Gasteiger charge is -2.30. The van der Waals surface area contributed by atoms with Crippen molar-refractivity contribution in [1.29, 1.82) is 0 Å². The minimum absolute atomic E-state index is 0.123. The van der Waals surface area contributed by atoms with E-state index in [1.54, 1.807) is 11.8 Å². The lowest BCUT2D eigenvalue weighted by molar-refractivity contribution is 0.0896. The fourth-order valence-corrected chi connectivity index (χ4v) is 3.68. The predicted molar refractivity (Wildman–Crippen MR) is 66.3 cm³/mol. The van der Waals surface area contributed by atoms with Crippen molar-refractivity contribution < 1.29 is 4.74 Å². The number of thioether (sulfide) groups is 1. The maximum Gasteiger partial charge on any atom is 0.185 e. The predicted octanol–water partition coefficient (Wildman–Crippen LogP) is 2.28. The van der Waals surface area contributed by atoms with Gasteiger partial charge in [-0.05, 0) is 18.1 Å². The van der Waals surface area contributed by atoms with E-state index in [9.17, 15) is 0 Å². The highest BCUT2D eigenvalue weighted by molar-refractivity contribution is 8.23. The van der Waals surface area contributed by atoms with E-state index in [0.717, 1.165) is 16.5 Å². The summed E-state index contributed by atoms with van der Waals surface area (Å²) in [6, 6.07) is 8.24. The molecule has 0 spiro atoms.